The first-order valence-electron chi connectivity index (χ1n) is 7.07. The Morgan fingerprint density at radius 1 is 1.23 bits per heavy atom. The van der Waals surface area contributed by atoms with Gasteiger partial charge in [0.1, 0.15) is 5.41 Å². The smallest absolute Gasteiger partial charge is 0.316 e. The van der Waals surface area contributed by atoms with E-state index >= 15 is 0 Å². The number of fused-ring (bicyclic) bond motifs is 1. The molecule has 0 heterocycles. The molecule has 0 radical (unpaired) electrons. The number of methoxy groups -OCH3 is 4. The third-order valence-corrected chi connectivity index (χ3v) is 4.67. The first-order chi connectivity index (χ1) is 10.4. The topological polar surface area (TPSA) is 71.1 Å². The van der Waals surface area contributed by atoms with Crippen LogP contribution in [0.4, 0.5) is 0 Å². The second kappa shape index (κ2) is 5.85. The Kier molecular flexibility index (Phi) is 4.44. The van der Waals surface area contributed by atoms with Gasteiger partial charge in [0.15, 0.2) is 5.76 Å². The van der Waals surface area contributed by atoms with Crippen LogP contribution in [0.15, 0.2) is 23.5 Å². The van der Waals surface area contributed by atoms with Crippen LogP contribution in [-0.4, -0.2) is 46.0 Å². The van der Waals surface area contributed by atoms with E-state index in [0.717, 1.165) is 5.57 Å². The molecule has 0 saturated heterocycles. The van der Waals surface area contributed by atoms with Crippen molar-refractivity contribution in [1.82, 2.24) is 0 Å². The van der Waals surface area contributed by atoms with Crippen molar-refractivity contribution in [3.05, 3.63) is 23.5 Å². The zero-order valence-electron chi connectivity index (χ0n) is 13.6. The van der Waals surface area contributed by atoms with Crippen molar-refractivity contribution in [2.24, 2.45) is 11.3 Å². The van der Waals surface area contributed by atoms with Crippen molar-refractivity contribution in [2.75, 3.05) is 28.4 Å². The van der Waals surface area contributed by atoms with Crippen LogP contribution in [0.5, 0.6) is 0 Å². The van der Waals surface area contributed by atoms with Gasteiger partial charge in [0, 0.05) is 20.1 Å². The van der Waals surface area contributed by atoms with E-state index in [1.807, 2.05) is 13.0 Å². The van der Waals surface area contributed by atoms with E-state index in [1.165, 1.54) is 28.4 Å². The average molecular weight is 310 g/mol. The van der Waals surface area contributed by atoms with Gasteiger partial charge in [-0.1, -0.05) is 11.6 Å². The molecule has 2 aliphatic carbocycles. The van der Waals surface area contributed by atoms with Gasteiger partial charge in [-0.3, -0.25) is 9.59 Å². The molecule has 0 N–H and O–H groups in total. The number of hydrogen-bond donors (Lipinski definition) is 0. The average Bonchev–Trinajstić information content (AvgIpc) is 2.54. The van der Waals surface area contributed by atoms with Crippen LogP contribution in [0.1, 0.15) is 19.8 Å². The summed E-state index contributed by atoms with van der Waals surface area (Å²) in [5.41, 5.74) is 0.00239. The third kappa shape index (κ3) is 2.09. The number of allylic oxidation sites excluding steroid dienone is 2. The van der Waals surface area contributed by atoms with Gasteiger partial charge in [-0.05, 0) is 25.8 Å². The molecular formula is C16H22O6. The van der Waals surface area contributed by atoms with E-state index in [4.69, 9.17) is 18.9 Å². The number of ether oxygens (including phenoxy) is 4. The first kappa shape index (κ1) is 16.7. The molecule has 0 spiro atoms. The monoisotopic (exact) mass is 310 g/mol. The Labute approximate surface area is 130 Å². The van der Waals surface area contributed by atoms with Crippen molar-refractivity contribution in [3.8, 4) is 0 Å². The quantitative estimate of drug-likeness (QED) is 0.446. The van der Waals surface area contributed by atoms with E-state index in [2.05, 4.69) is 0 Å². The normalized spacial score (nSPS) is 30.0. The number of carbonyl (C=O) groups excluding carboxylic acids is 2. The summed E-state index contributed by atoms with van der Waals surface area (Å²) in [5.74, 6) is -2.87. The minimum Gasteiger partial charge on any atom is -0.493 e. The molecule has 0 aromatic heterocycles. The van der Waals surface area contributed by atoms with Gasteiger partial charge in [-0.25, -0.2) is 0 Å². The lowest BCUT2D eigenvalue weighted by atomic mass is 9.59. The van der Waals surface area contributed by atoms with Crippen molar-refractivity contribution < 1.29 is 28.5 Å². The van der Waals surface area contributed by atoms with Crippen LogP contribution in [-0.2, 0) is 28.5 Å². The van der Waals surface area contributed by atoms with E-state index in [9.17, 15) is 9.59 Å². The molecule has 0 amide bonds. The van der Waals surface area contributed by atoms with Crippen LogP contribution in [0.25, 0.3) is 0 Å². The van der Waals surface area contributed by atoms with E-state index in [0.29, 0.717) is 12.8 Å². The Morgan fingerprint density at radius 2 is 1.86 bits per heavy atom. The summed E-state index contributed by atoms with van der Waals surface area (Å²) >= 11 is 0. The van der Waals surface area contributed by atoms with Gasteiger partial charge >= 0.3 is 5.97 Å². The molecule has 0 aliphatic heterocycles. The number of ketones is 1. The molecule has 122 valence electrons. The highest BCUT2D eigenvalue weighted by atomic mass is 16.7. The Bertz CT molecular complexity index is 543. The molecule has 6 heteroatoms. The zero-order chi connectivity index (χ0) is 16.5. The molecule has 22 heavy (non-hydrogen) atoms. The summed E-state index contributed by atoms with van der Waals surface area (Å²) in [6.45, 7) is 1.94. The Balaban J connectivity index is 2.73. The molecule has 2 rings (SSSR count). The van der Waals surface area contributed by atoms with Gasteiger partial charge in [0.2, 0.25) is 5.79 Å². The molecule has 0 bridgehead atoms. The molecule has 0 aromatic carbocycles. The highest BCUT2D eigenvalue weighted by molar-refractivity contribution is 6.03. The van der Waals surface area contributed by atoms with Crippen molar-refractivity contribution in [2.45, 2.75) is 25.6 Å². The number of hydrogen-bond acceptors (Lipinski definition) is 6. The fraction of sp³-hybridized carbons (Fsp3) is 0.625. The molecule has 2 aliphatic rings. The van der Waals surface area contributed by atoms with Crippen molar-refractivity contribution in [1.29, 1.82) is 0 Å². The highest BCUT2D eigenvalue weighted by Gasteiger charge is 2.64. The van der Waals surface area contributed by atoms with Crippen LogP contribution < -0.4 is 0 Å². The van der Waals surface area contributed by atoms with E-state index in [1.54, 1.807) is 6.08 Å². The molecular weight excluding hydrogens is 288 g/mol. The fourth-order valence-electron chi connectivity index (χ4n) is 3.63. The van der Waals surface area contributed by atoms with Gasteiger partial charge in [-0.2, -0.15) is 0 Å². The minimum absolute atomic E-state index is 0.0556. The number of carbonyl (C=O) groups is 2. The Morgan fingerprint density at radius 3 is 2.36 bits per heavy atom. The summed E-state index contributed by atoms with van der Waals surface area (Å²) in [4.78, 5) is 25.3. The lowest BCUT2D eigenvalue weighted by Crippen LogP contribution is -2.61. The summed E-state index contributed by atoms with van der Waals surface area (Å²) in [7, 11) is 5.51. The summed E-state index contributed by atoms with van der Waals surface area (Å²) in [5, 5.41) is 0. The third-order valence-electron chi connectivity index (χ3n) is 4.67. The van der Waals surface area contributed by atoms with E-state index < -0.39 is 28.9 Å². The highest BCUT2D eigenvalue weighted by Crippen LogP contribution is 2.53. The SMILES string of the molecule is COC(=O)[C@@]12C=C(OC)C(=O)C(OC)(OC)[C@@H]1CC=C(C)C2. The van der Waals surface area contributed by atoms with Crippen molar-refractivity contribution in [3.63, 3.8) is 0 Å². The Hall–Kier alpha value is -1.66. The maximum absolute atomic E-state index is 12.7. The first-order valence-corrected chi connectivity index (χ1v) is 7.07. The van der Waals surface area contributed by atoms with Gasteiger partial charge in [0.25, 0.3) is 5.78 Å². The molecule has 0 unspecified atom stereocenters. The van der Waals surface area contributed by atoms with Gasteiger partial charge in [-0.15, -0.1) is 0 Å². The minimum atomic E-state index is -1.56. The second-order valence-electron chi connectivity index (χ2n) is 5.67. The zero-order valence-corrected chi connectivity index (χ0v) is 13.6. The number of esters is 1. The van der Waals surface area contributed by atoms with E-state index in [-0.39, 0.29) is 5.76 Å². The number of rotatable bonds is 4. The lowest BCUT2D eigenvalue weighted by molar-refractivity contribution is -0.249. The maximum Gasteiger partial charge on any atom is 0.316 e. The standard InChI is InChI=1S/C16H22O6/c1-10-6-7-12-15(8-10,14(18)20-3)9-11(19-2)13(17)16(12,21-4)22-5/h6,9,12H,7-8H2,1-5H3/t12-,15+/m1/s1. The van der Waals surface area contributed by atoms with Crippen LogP contribution >= 0.6 is 0 Å². The summed E-state index contributed by atoms with van der Waals surface area (Å²) in [6, 6.07) is 0. The summed E-state index contributed by atoms with van der Waals surface area (Å²) < 4.78 is 21.1. The van der Waals surface area contributed by atoms with Crippen molar-refractivity contribution >= 4 is 11.8 Å². The van der Waals surface area contributed by atoms with Crippen LogP contribution in [0, 0.1) is 11.3 Å². The van der Waals surface area contributed by atoms with Gasteiger partial charge in [0.05, 0.1) is 14.2 Å². The maximum atomic E-state index is 12.7. The molecule has 2 atom stereocenters. The summed E-state index contributed by atoms with van der Waals surface area (Å²) in [6.07, 6.45) is 4.47. The predicted molar refractivity (Wildman–Crippen MR) is 77.8 cm³/mol. The predicted octanol–water partition coefficient (Wildman–Crippen LogP) is 1.60. The molecule has 0 fully saturated rings. The van der Waals surface area contributed by atoms with Gasteiger partial charge < -0.3 is 18.9 Å². The fourth-order valence-corrected chi connectivity index (χ4v) is 3.63. The van der Waals surface area contributed by atoms with Crippen LogP contribution in [0.3, 0.4) is 0 Å². The van der Waals surface area contributed by atoms with Crippen LogP contribution in [0.2, 0.25) is 0 Å². The lowest BCUT2D eigenvalue weighted by Gasteiger charge is -2.49. The second-order valence-corrected chi connectivity index (χ2v) is 5.67. The number of Topliss-reactive ketones (excluding diaryl/α,β-unsaturated/α-hetero) is 1. The molecule has 0 aromatic rings. The largest absolute Gasteiger partial charge is 0.493 e. The molecule has 0 saturated carbocycles. The molecule has 6 nitrogen and oxygen atoms in total.